The van der Waals surface area contributed by atoms with Crippen LogP contribution in [0.5, 0.6) is 5.75 Å². The van der Waals surface area contributed by atoms with Crippen molar-refractivity contribution < 1.29 is 14.3 Å². The lowest BCUT2D eigenvalue weighted by Crippen LogP contribution is -2.36. The standard InChI is InChI=1S/C24H32N4O3/c1-3-25-24(28-16-20-9-4-5-12-22(20)30-2)27-15-18-8-6-10-19(14-18)23(29)26-17-21-11-7-13-31-21/h4-6,8-10,12,14,21H,3,7,11,13,15-17H2,1-2H3,(H,26,29)(H2,25,27,28). The summed E-state index contributed by atoms with van der Waals surface area (Å²) in [5, 5.41) is 9.56. The summed E-state index contributed by atoms with van der Waals surface area (Å²) < 4.78 is 11.0. The fourth-order valence-corrected chi connectivity index (χ4v) is 3.46. The highest BCUT2D eigenvalue weighted by Crippen LogP contribution is 2.16. The van der Waals surface area contributed by atoms with E-state index >= 15 is 0 Å². The first kappa shape index (κ1) is 22.6. The minimum absolute atomic E-state index is 0.0810. The van der Waals surface area contributed by atoms with Crippen LogP contribution in [0.1, 0.15) is 41.3 Å². The monoisotopic (exact) mass is 424 g/mol. The molecular formula is C24H32N4O3. The quantitative estimate of drug-likeness (QED) is 0.426. The maximum atomic E-state index is 12.5. The topological polar surface area (TPSA) is 84.0 Å². The van der Waals surface area contributed by atoms with E-state index in [-0.39, 0.29) is 12.0 Å². The Kier molecular flexibility index (Phi) is 8.72. The molecule has 2 aromatic rings. The van der Waals surface area contributed by atoms with Gasteiger partial charge in [-0.15, -0.1) is 0 Å². The van der Waals surface area contributed by atoms with Crippen LogP contribution in [0.15, 0.2) is 53.5 Å². The van der Waals surface area contributed by atoms with E-state index in [1.165, 1.54) is 0 Å². The average Bonchev–Trinajstić information content (AvgIpc) is 3.33. The smallest absolute Gasteiger partial charge is 0.251 e. The Morgan fingerprint density at radius 3 is 2.81 bits per heavy atom. The van der Waals surface area contributed by atoms with Gasteiger partial charge in [0.1, 0.15) is 5.75 Å². The Hall–Kier alpha value is -3.06. The molecule has 0 radical (unpaired) electrons. The van der Waals surface area contributed by atoms with Gasteiger partial charge in [0.15, 0.2) is 5.96 Å². The molecule has 31 heavy (non-hydrogen) atoms. The molecule has 0 bridgehead atoms. The third-order valence-electron chi connectivity index (χ3n) is 5.11. The van der Waals surface area contributed by atoms with Gasteiger partial charge in [-0.2, -0.15) is 0 Å². The van der Waals surface area contributed by atoms with Crippen molar-refractivity contribution >= 4 is 11.9 Å². The first-order chi connectivity index (χ1) is 15.2. The number of rotatable bonds is 9. The maximum Gasteiger partial charge on any atom is 0.251 e. The lowest BCUT2D eigenvalue weighted by molar-refractivity contribution is 0.0857. The third kappa shape index (κ3) is 7.00. The Morgan fingerprint density at radius 2 is 2.03 bits per heavy atom. The summed E-state index contributed by atoms with van der Waals surface area (Å²) in [6.45, 7) is 5.18. The van der Waals surface area contributed by atoms with E-state index in [4.69, 9.17) is 9.47 Å². The molecule has 1 fully saturated rings. The number of para-hydroxylation sites is 1. The van der Waals surface area contributed by atoms with Crippen LogP contribution < -0.4 is 20.7 Å². The molecule has 1 atom stereocenters. The maximum absolute atomic E-state index is 12.5. The van der Waals surface area contributed by atoms with Crippen molar-refractivity contribution in [3.05, 3.63) is 65.2 Å². The van der Waals surface area contributed by atoms with Gasteiger partial charge in [-0.25, -0.2) is 4.99 Å². The van der Waals surface area contributed by atoms with Crippen molar-refractivity contribution in [3.8, 4) is 5.75 Å². The summed E-state index contributed by atoms with van der Waals surface area (Å²) in [5.74, 6) is 1.47. The highest BCUT2D eigenvalue weighted by Gasteiger charge is 2.16. The molecule has 3 rings (SSSR count). The Labute approximate surface area is 184 Å². The van der Waals surface area contributed by atoms with Crippen molar-refractivity contribution in [3.63, 3.8) is 0 Å². The molecular weight excluding hydrogens is 392 g/mol. The molecule has 2 aromatic carbocycles. The number of nitrogens with one attached hydrogen (secondary N) is 3. The van der Waals surface area contributed by atoms with Crippen LogP contribution in [0.25, 0.3) is 0 Å². The SMILES string of the molecule is CCNC(=NCc1cccc(C(=O)NCC2CCCO2)c1)NCc1ccccc1OC. The zero-order valence-electron chi connectivity index (χ0n) is 18.3. The molecule has 0 spiro atoms. The number of nitrogens with zero attached hydrogens (tertiary/aromatic N) is 1. The average molecular weight is 425 g/mol. The summed E-state index contributed by atoms with van der Waals surface area (Å²) in [6, 6.07) is 15.5. The highest BCUT2D eigenvalue weighted by atomic mass is 16.5. The summed E-state index contributed by atoms with van der Waals surface area (Å²) in [7, 11) is 1.67. The number of hydrogen-bond acceptors (Lipinski definition) is 4. The minimum atomic E-state index is -0.0810. The van der Waals surface area contributed by atoms with Crippen molar-refractivity contribution in [1.29, 1.82) is 0 Å². The van der Waals surface area contributed by atoms with E-state index < -0.39 is 0 Å². The van der Waals surface area contributed by atoms with Crippen molar-refractivity contribution in [1.82, 2.24) is 16.0 Å². The summed E-state index contributed by atoms with van der Waals surface area (Å²) >= 11 is 0. The summed E-state index contributed by atoms with van der Waals surface area (Å²) in [4.78, 5) is 17.1. The van der Waals surface area contributed by atoms with Gasteiger partial charge in [0.05, 0.1) is 19.8 Å². The number of carbonyl (C=O) groups is 1. The van der Waals surface area contributed by atoms with Crippen LogP contribution in [0, 0.1) is 0 Å². The second kappa shape index (κ2) is 12.0. The lowest BCUT2D eigenvalue weighted by Gasteiger charge is -2.13. The van der Waals surface area contributed by atoms with Crippen LogP contribution in [0.3, 0.4) is 0 Å². The van der Waals surface area contributed by atoms with E-state index in [0.717, 1.165) is 42.9 Å². The molecule has 7 heteroatoms. The van der Waals surface area contributed by atoms with Gasteiger partial charge in [0, 0.05) is 37.4 Å². The molecule has 1 saturated heterocycles. The van der Waals surface area contributed by atoms with E-state index in [2.05, 4.69) is 20.9 Å². The molecule has 1 amide bonds. The Morgan fingerprint density at radius 1 is 1.16 bits per heavy atom. The normalized spacial score (nSPS) is 16.1. The number of aliphatic imine (C=N–C) groups is 1. The second-order valence-electron chi connectivity index (χ2n) is 7.41. The Balaban J connectivity index is 1.58. The largest absolute Gasteiger partial charge is 0.496 e. The highest BCUT2D eigenvalue weighted by molar-refractivity contribution is 5.94. The lowest BCUT2D eigenvalue weighted by atomic mass is 10.1. The van der Waals surface area contributed by atoms with Gasteiger partial charge in [0.25, 0.3) is 5.91 Å². The number of carbonyl (C=O) groups excluding carboxylic acids is 1. The van der Waals surface area contributed by atoms with Crippen molar-refractivity contribution in [2.75, 3.05) is 26.8 Å². The second-order valence-corrected chi connectivity index (χ2v) is 7.41. The Bertz CT molecular complexity index is 879. The van der Waals surface area contributed by atoms with Gasteiger partial charge in [0.2, 0.25) is 0 Å². The predicted molar refractivity (Wildman–Crippen MR) is 122 cm³/mol. The van der Waals surface area contributed by atoms with Crippen LogP contribution >= 0.6 is 0 Å². The van der Waals surface area contributed by atoms with Crippen LogP contribution in [-0.2, 0) is 17.8 Å². The van der Waals surface area contributed by atoms with Gasteiger partial charge >= 0.3 is 0 Å². The number of hydrogen-bond donors (Lipinski definition) is 3. The number of benzene rings is 2. The van der Waals surface area contributed by atoms with E-state index in [1.807, 2.05) is 55.5 Å². The molecule has 3 N–H and O–H groups in total. The minimum Gasteiger partial charge on any atom is -0.496 e. The summed E-state index contributed by atoms with van der Waals surface area (Å²) in [5.41, 5.74) is 2.66. The molecule has 1 unspecified atom stereocenters. The van der Waals surface area contributed by atoms with E-state index in [9.17, 15) is 4.79 Å². The zero-order valence-corrected chi connectivity index (χ0v) is 18.3. The number of guanidine groups is 1. The van der Waals surface area contributed by atoms with E-state index in [0.29, 0.717) is 31.2 Å². The number of methoxy groups -OCH3 is 1. The van der Waals surface area contributed by atoms with Crippen LogP contribution in [0.4, 0.5) is 0 Å². The molecule has 1 heterocycles. The number of amides is 1. The third-order valence-corrected chi connectivity index (χ3v) is 5.11. The molecule has 0 aliphatic carbocycles. The summed E-state index contributed by atoms with van der Waals surface area (Å²) in [6.07, 6.45) is 2.20. The van der Waals surface area contributed by atoms with E-state index in [1.54, 1.807) is 7.11 Å². The molecule has 166 valence electrons. The van der Waals surface area contributed by atoms with Gasteiger partial charge in [-0.1, -0.05) is 30.3 Å². The predicted octanol–water partition coefficient (Wildman–Crippen LogP) is 2.86. The van der Waals surface area contributed by atoms with Gasteiger partial charge in [-0.3, -0.25) is 4.79 Å². The van der Waals surface area contributed by atoms with Gasteiger partial charge < -0.3 is 25.4 Å². The molecule has 7 nitrogen and oxygen atoms in total. The fraction of sp³-hybridized carbons (Fsp3) is 0.417. The van der Waals surface area contributed by atoms with Crippen LogP contribution in [0.2, 0.25) is 0 Å². The molecule has 1 aliphatic rings. The van der Waals surface area contributed by atoms with Gasteiger partial charge in [-0.05, 0) is 43.5 Å². The molecule has 0 aromatic heterocycles. The molecule has 1 aliphatic heterocycles. The first-order valence-corrected chi connectivity index (χ1v) is 10.8. The zero-order chi connectivity index (χ0) is 21.9. The number of ether oxygens (including phenoxy) is 2. The fourth-order valence-electron chi connectivity index (χ4n) is 3.46. The first-order valence-electron chi connectivity index (χ1n) is 10.8. The van der Waals surface area contributed by atoms with Crippen molar-refractivity contribution in [2.45, 2.75) is 39.0 Å². The van der Waals surface area contributed by atoms with Crippen molar-refractivity contribution in [2.24, 2.45) is 4.99 Å². The molecule has 0 saturated carbocycles. The van der Waals surface area contributed by atoms with Crippen LogP contribution in [-0.4, -0.2) is 44.8 Å².